The molecule has 2 aromatic rings. The Bertz CT molecular complexity index is 815. The second-order valence-corrected chi connectivity index (χ2v) is 7.67. The van der Waals surface area contributed by atoms with E-state index in [0.717, 1.165) is 35.5 Å². The van der Waals surface area contributed by atoms with Gasteiger partial charge >= 0.3 is 0 Å². The minimum Gasteiger partial charge on any atom is -0.493 e. The molecule has 3 rings (SSSR count). The van der Waals surface area contributed by atoms with Crippen LogP contribution in [0.4, 0.5) is 0 Å². The second kappa shape index (κ2) is 9.83. The number of nitrogens with one attached hydrogen (secondary N) is 1. The molecule has 4 nitrogen and oxygen atoms in total. The highest BCUT2D eigenvalue weighted by Crippen LogP contribution is 2.26. The maximum Gasteiger partial charge on any atom is 0.251 e. The van der Waals surface area contributed by atoms with Crippen molar-refractivity contribution >= 4 is 17.5 Å². The summed E-state index contributed by atoms with van der Waals surface area (Å²) >= 11 is 6.08. The van der Waals surface area contributed by atoms with Crippen LogP contribution in [0.15, 0.2) is 36.4 Å². The Labute approximate surface area is 172 Å². The van der Waals surface area contributed by atoms with E-state index in [-0.39, 0.29) is 11.9 Å². The molecule has 0 radical (unpaired) electrons. The molecule has 0 heterocycles. The zero-order chi connectivity index (χ0) is 19.9. The third kappa shape index (κ3) is 5.41. The van der Waals surface area contributed by atoms with Crippen LogP contribution in [0.3, 0.4) is 0 Å². The van der Waals surface area contributed by atoms with Gasteiger partial charge in [-0.25, -0.2) is 0 Å². The first kappa shape index (κ1) is 20.5. The molecule has 0 unspecified atom stereocenters. The predicted octanol–water partition coefficient (Wildman–Crippen LogP) is 5.69. The number of ether oxygens (including phenoxy) is 2. The molecule has 1 N–H and O–H groups in total. The van der Waals surface area contributed by atoms with Crippen molar-refractivity contribution in [1.29, 1.82) is 0 Å². The number of rotatable bonds is 7. The fourth-order valence-electron chi connectivity index (χ4n) is 3.51. The molecule has 1 amide bonds. The number of benzene rings is 2. The summed E-state index contributed by atoms with van der Waals surface area (Å²) in [6, 6.07) is 11.4. The number of amides is 1. The van der Waals surface area contributed by atoms with Gasteiger partial charge in [0, 0.05) is 22.2 Å². The van der Waals surface area contributed by atoms with Gasteiger partial charge in [-0.3, -0.25) is 4.79 Å². The Morgan fingerprint density at radius 3 is 2.61 bits per heavy atom. The van der Waals surface area contributed by atoms with E-state index in [1.807, 2.05) is 50.2 Å². The Balaban J connectivity index is 1.72. The van der Waals surface area contributed by atoms with E-state index in [1.165, 1.54) is 19.3 Å². The number of aryl methyl sites for hydroxylation is 1. The molecule has 2 aromatic carbocycles. The molecule has 0 bridgehead atoms. The average molecular weight is 402 g/mol. The predicted molar refractivity (Wildman–Crippen MR) is 112 cm³/mol. The molecule has 1 aliphatic rings. The molecule has 5 heteroatoms. The third-order valence-electron chi connectivity index (χ3n) is 5.09. The molecular formula is C23H28ClNO3. The van der Waals surface area contributed by atoms with Crippen molar-refractivity contribution in [1.82, 2.24) is 5.32 Å². The summed E-state index contributed by atoms with van der Waals surface area (Å²) in [5, 5.41) is 3.88. The van der Waals surface area contributed by atoms with E-state index < -0.39 is 0 Å². The van der Waals surface area contributed by atoms with Crippen molar-refractivity contribution in [2.24, 2.45) is 0 Å². The van der Waals surface area contributed by atoms with Gasteiger partial charge in [0.15, 0.2) is 0 Å². The lowest BCUT2D eigenvalue weighted by Gasteiger charge is -2.23. The van der Waals surface area contributed by atoms with Gasteiger partial charge in [0.1, 0.15) is 18.1 Å². The first-order valence-electron chi connectivity index (χ1n) is 10.0. The van der Waals surface area contributed by atoms with E-state index in [0.29, 0.717) is 23.8 Å². The van der Waals surface area contributed by atoms with Gasteiger partial charge in [0.2, 0.25) is 0 Å². The lowest BCUT2D eigenvalue weighted by Crippen LogP contribution is -2.36. The monoisotopic (exact) mass is 401 g/mol. The molecule has 0 aliphatic heterocycles. The molecule has 1 fully saturated rings. The molecular weight excluding hydrogens is 374 g/mol. The normalized spacial score (nSPS) is 14.5. The van der Waals surface area contributed by atoms with E-state index in [1.54, 1.807) is 0 Å². The van der Waals surface area contributed by atoms with Crippen molar-refractivity contribution in [3.8, 4) is 11.5 Å². The fraction of sp³-hybridized carbons (Fsp3) is 0.435. The van der Waals surface area contributed by atoms with Crippen LogP contribution in [0.1, 0.15) is 60.5 Å². The van der Waals surface area contributed by atoms with Crippen LogP contribution in [0, 0.1) is 6.92 Å². The summed E-state index contributed by atoms with van der Waals surface area (Å²) in [6.07, 6.45) is 5.77. The van der Waals surface area contributed by atoms with E-state index >= 15 is 0 Å². The van der Waals surface area contributed by atoms with Crippen LogP contribution in [0.5, 0.6) is 11.5 Å². The Morgan fingerprint density at radius 1 is 1.11 bits per heavy atom. The van der Waals surface area contributed by atoms with Crippen molar-refractivity contribution in [3.63, 3.8) is 0 Å². The van der Waals surface area contributed by atoms with Crippen LogP contribution in [0.25, 0.3) is 0 Å². The topological polar surface area (TPSA) is 47.6 Å². The van der Waals surface area contributed by atoms with Gasteiger partial charge in [-0.2, -0.15) is 0 Å². The highest BCUT2D eigenvalue weighted by molar-refractivity contribution is 6.31. The maximum absolute atomic E-state index is 12.7. The van der Waals surface area contributed by atoms with Crippen molar-refractivity contribution in [3.05, 3.63) is 58.1 Å². The molecule has 150 valence electrons. The number of hydrogen-bond donors (Lipinski definition) is 1. The second-order valence-electron chi connectivity index (χ2n) is 7.26. The molecule has 0 atom stereocenters. The summed E-state index contributed by atoms with van der Waals surface area (Å²) in [4.78, 5) is 12.7. The third-order valence-corrected chi connectivity index (χ3v) is 5.51. The summed E-state index contributed by atoms with van der Waals surface area (Å²) in [6.45, 7) is 4.76. The quantitative estimate of drug-likeness (QED) is 0.648. The average Bonchev–Trinajstić information content (AvgIpc) is 2.70. The first-order chi connectivity index (χ1) is 13.6. The molecule has 1 saturated carbocycles. The number of halogens is 1. The lowest BCUT2D eigenvalue weighted by atomic mass is 9.95. The smallest absolute Gasteiger partial charge is 0.251 e. The van der Waals surface area contributed by atoms with Gasteiger partial charge in [-0.05, 0) is 68.7 Å². The molecule has 1 aliphatic carbocycles. The van der Waals surface area contributed by atoms with Crippen LogP contribution in [-0.4, -0.2) is 18.6 Å². The fourth-order valence-corrected chi connectivity index (χ4v) is 3.63. The van der Waals surface area contributed by atoms with Crippen molar-refractivity contribution in [2.45, 2.75) is 58.6 Å². The minimum absolute atomic E-state index is 0.0291. The van der Waals surface area contributed by atoms with Crippen molar-refractivity contribution < 1.29 is 14.3 Å². The van der Waals surface area contributed by atoms with Crippen LogP contribution < -0.4 is 14.8 Å². The van der Waals surface area contributed by atoms with Gasteiger partial charge in [0.05, 0.1) is 6.61 Å². The van der Waals surface area contributed by atoms with E-state index in [9.17, 15) is 4.79 Å². The number of carbonyl (C=O) groups excluding carboxylic acids is 1. The van der Waals surface area contributed by atoms with Crippen LogP contribution in [-0.2, 0) is 6.61 Å². The van der Waals surface area contributed by atoms with Gasteiger partial charge in [0.25, 0.3) is 5.91 Å². The summed E-state index contributed by atoms with van der Waals surface area (Å²) in [7, 11) is 0. The molecule has 0 aromatic heterocycles. The molecule has 28 heavy (non-hydrogen) atoms. The van der Waals surface area contributed by atoms with E-state index in [2.05, 4.69) is 5.32 Å². The number of hydrogen-bond acceptors (Lipinski definition) is 3. The minimum atomic E-state index is -0.0291. The Hall–Kier alpha value is -2.20. The largest absolute Gasteiger partial charge is 0.493 e. The van der Waals surface area contributed by atoms with Crippen LogP contribution >= 0.6 is 11.6 Å². The Morgan fingerprint density at radius 2 is 1.89 bits per heavy atom. The molecule has 0 spiro atoms. The highest BCUT2D eigenvalue weighted by Gasteiger charge is 2.18. The SMILES string of the molecule is CCOc1ccc(C(=O)NC2CCCCC2)cc1COc1ccc(Cl)c(C)c1. The maximum atomic E-state index is 12.7. The zero-order valence-corrected chi connectivity index (χ0v) is 17.3. The Kier molecular flexibility index (Phi) is 7.21. The van der Waals surface area contributed by atoms with Gasteiger partial charge in [-0.1, -0.05) is 30.9 Å². The highest BCUT2D eigenvalue weighted by atomic mass is 35.5. The lowest BCUT2D eigenvalue weighted by molar-refractivity contribution is 0.0927. The summed E-state index contributed by atoms with van der Waals surface area (Å²) in [5.41, 5.74) is 2.45. The van der Waals surface area contributed by atoms with E-state index in [4.69, 9.17) is 21.1 Å². The molecule has 0 saturated heterocycles. The first-order valence-corrected chi connectivity index (χ1v) is 10.4. The summed E-state index contributed by atoms with van der Waals surface area (Å²) < 4.78 is 11.6. The number of carbonyl (C=O) groups is 1. The van der Waals surface area contributed by atoms with Gasteiger partial charge in [-0.15, -0.1) is 0 Å². The standard InChI is InChI=1S/C23H28ClNO3/c1-3-27-22-12-9-17(23(26)25-19-7-5-4-6-8-19)14-18(22)15-28-20-10-11-21(24)16(2)13-20/h9-14,19H,3-8,15H2,1-2H3,(H,25,26). The zero-order valence-electron chi connectivity index (χ0n) is 16.6. The van der Waals surface area contributed by atoms with Crippen LogP contribution in [0.2, 0.25) is 5.02 Å². The van der Waals surface area contributed by atoms with Gasteiger partial charge < -0.3 is 14.8 Å². The van der Waals surface area contributed by atoms with Crippen molar-refractivity contribution in [2.75, 3.05) is 6.61 Å². The summed E-state index contributed by atoms with van der Waals surface area (Å²) in [5.74, 6) is 1.45.